The van der Waals surface area contributed by atoms with Crippen LogP contribution in [0, 0.1) is 11.8 Å². The molecule has 1 fully saturated rings. The largest absolute Gasteiger partial charge is 2.00 e. The molecule has 0 saturated heterocycles. The summed E-state index contributed by atoms with van der Waals surface area (Å²) in [5, 5.41) is 40.1. The van der Waals surface area contributed by atoms with E-state index in [1.807, 2.05) is 12.4 Å². The summed E-state index contributed by atoms with van der Waals surface area (Å²) in [6.45, 7) is 23.7. The number of phenols is 2. The van der Waals surface area contributed by atoms with E-state index >= 15 is 0 Å². The van der Waals surface area contributed by atoms with Gasteiger partial charge in [-0.05, 0) is 91.9 Å². The van der Waals surface area contributed by atoms with Crippen LogP contribution in [0.15, 0.2) is 34.3 Å². The monoisotopic (exact) mass is 709 g/mol. The quantitative estimate of drug-likeness (QED) is 0.319. The number of hydrogen-bond donors (Lipinski definition) is 2. The van der Waals surface area contributed by atoms with Gasteiger partial charge in [0.2, 0.25) is 0 Å². The second-order valence-electron chi connectivity index (χ2n) is 15.5. The molecule has 0 aromatic heterocycles. The Morgan fingerprint density at radius 1 is 0.729 bits per heavy atom. The van der Waals surface area contributed by atoms with Gasteiger partial charge in [0.05, 0.1) is 12.1 Å². The summed E-state index contributed by atoms with van der Waals surface area (Å²) in [5.41, 5.74) is 5.69. The molecule has 1 aliphatic rings. The van der Waals surface area contributed by atoms with Crippen LogP contribution in [-0.2, 0) is 50.0 Å². The van der Waals surface area contributed by atoms with Gasteiger partial charge in [-0.25, -0.2) is 0 Å². The Labute approximate surface area is 299 Å². The van der Waals surface area contributed by atoms with Crippen LogP contribution in [-0.4, -0.2) is 46.7 Å². The Balaban J connectivity index is 0.00000221. The number of nitrogens with zero attached hydrogens (tertiary/aromatic N) is 2. The Hall–Kier alpha value is -3.17. The van der Waals surface area contributed by atoms with Crippen LogP contribution in [0.5, 0.6) is 11.5 Å². The summed E-state index contributed by atoms with van der Waals surface area (Å²) in [5.74, 6) is -0.429. The van der Waals surface area contributed by atoms with Crippen molar-refractivity contribution in [2.45, 2.75) is 138 Å². The molecule has 0 spiro atoms. The first-order valence-corrected chi connectivity index (χ1v) is 16.7. The summed E-state index contributed by atoms with van der Waals surface area (Å²) in [6, 6.07) is 8.62. The van der Waals surface area contributed by atoms with Crippen molar-refractivity contribution in [3.05, 3.63) is 57.6 Å². The zero-order valence-electron chi connectivity index (χ0n) is 31.1. The zero-order valence-corrected chi connectivity index (χ0v) is 32.1. The van der Waals surface area contributed by atoms with Gasteiger partial charge in [0, 0.05) is 46.6 Å². The van der Waals surface area contributed by atoms with Gasteiger partial charge < -0.3 is 30.0 Å². The summed E-state index contributed by atoms with van der Waals surface area (Å²) in [6.07, 6.45) is 8.69. The predicted molar refractivity (Wildman–Crippen MR) is 189 cm³/mol. The molecule has 0 heterocycles. The van der Waals surface area contributed by atoms with Crippen LogP contribution in [0.25, 0.3) is 0 Å². The predicted octanol–water partition coefficient (Wildman–Crippen LogP) is 6.06. The van der Waals surface area contributed by atoms with E-state index in [0.29, 0.717) is 23.3 Å². The molecule has 0 bridgehead atoms. The summed E-state index contributed by atoms with van der Waals surface area (Å²) < 4.78 is 0. The van der Waals surface area contributed by atoms with E-state index in [-0.39, 0.29) is 39.7 Å². The number of carboxylic acid groups (broad SMARTS) is 2. The smallest absolute Gasteiger partial charge is 0.550 e. The van der Waals surface area contributed by atoms with E-state index in [1.54, 1.807) is 0 Å². The Morgan fingerprint density at radius 3 is 1.27 bits per heavy atom. The Morgan fingerprint density at radius 2 is 1.02 bits per heavy atom. The number of benzene rings is 2. The van der Waals surface area contributed by atoms with Gasteiger partial charge in [-0.15, -0.1) is 0 Å². The van der Waals surface area contributed by atoms with Crippen molar-refractivity contribution < 1.29 is 46.8 Å². The number of rotatable bonds is 8. The molecule has 2 aromatic carbocycles. The van der Waals surface area contributed by atoms with Crippen LogP contribution in [0.1, 0.15) is 136 Å². The Bertz CT molecular complexity index is 1290. The minimum atomic E-state index is -1.08. The fourth-order valence-electron chi connectivity index (χ4n) is 5.58. The van der Waals surface area contributed by atoms with Crippen molar-refractivity contribution in [1.29, 1.82) is 0 Å². The maximum atomic E-state index is 11.1. The molecule has 0 aliphatic heterocycles. The first kappa shape index (κ1) is 44.8. The minimum absolute atomic E-state index is 0. The molecular weight excluding hydrogens is 651 g/mol. The van der Waals surface area contributed by atoms with E-state index in [9.17, 15) is 10.2 Å². The molecule has 1 saturated carbocycles. The standard InChI is InChI=1S/C35H52N2O2.2C2H4O2.Co/c1-22(2)14-24-16-26(32(38)28(18-24)34(5,6)7)20-36-30-12-11-13-31(30)37-21-27-17-25(15-23(3)4)19-29(33(27)39)35(8,9)10;2*1-2(3)4;/h16-23,30-31,38-39H,11-15H2,1-10H3;2*1H3,(H,3,4);/q;;;+2/p-2. The molecule has 2 atom stereocenters. The number of phenolic OH excluding ortho intramolecular Hbond substituents is 2. The number of aromatic hydroxyl groups is 2. The van der Waals surface area contributed by atoms with Gasteiger partial charge in [-0.2, -0.15) is 0 Å². The molecule has 48 heavy (non-hydrogen) atoms. The Kier molecular flexibility index (Phi) is 18.4. The second-order valence-corrected chi connectivity index (χ2v) is 15.5. The third-order valence-electron chi connectivity index (χ3n) is 7.56. The van der Waals surface area contributed by atoms with E-state index in [4.69, 9.17) is 29.8 Å². The molecule has 1 radical (unpaired) electrons. The van der Waals surface area contributed by atoms with Gasteiger partial charge in [-0.3, -0.25) is 9.98 Å². The van der Waals surface area contributed by atoms with Crippen molar-refractivity contribution in [3.63, 3.8) is 0 Å². The van der Waals surface area contributed by atoms with Crippen molar-refractivity contribution in [3.8, 4) is 11.5 Å². The van der Waals surface area contributed by atoms with Crippen molar-refractivity contribution >= 4 is 24.4 Å². The number of aliphatic carboxylic acids is 2. The zero-order chi connectivity index (χ0) is 36.3. The molecule has 8 nitrogen and oxygen atoms in total. The molecule has 3 rings (SSSR count). The van der Waals surface area contributed by atoms with Gasteiger partial charge in [0.1, 0.15) is 11.5 Å². The van der Waals surface area contributed by atoms with Crippen molar-refractivity contribution in [2.75, 3.05) is 0 Å². The first-order chi connectivity index (χ1) is 21.5. The first-order valence-electron chi connectivity index (χ1n) is 16.7. The van der Waals surface area contributed by atoms with Crippen LogP contribution >= 0.6 is 0 Å². The molecule has 269 valence electrons. The van der Waals surface area contributed by atoms with E-state index in [0.717, 1.165) is 68.2 Å². The topological polar surface area (TPSA) is 145 Å². The summed E-state index contributed by atoms with van der Waals surface area (Å²) >= 11 is 0. The number of carbonyl (C=O) groups excluding carboxylic acids is 2. The van der Waals surface area contributed by atoms with Crippen molar-refractivity contribution in [2.24, 2.45) is 21.8 Å². The van der Waals surface area contributed by atoms with Gasteiger partial charge >= 0.3 is 16.8 Å². The normalized spacial score (nSPS) is 16.4. The molecule has 9 heteroatoms. The van der Waals surface area contributed by atoms with Crippen LogP contribution in [0.2, 0.25) is 0 Å². The minimum Gasteiger partial charge on any atom is -0.550 e. The molecular formula is C39H58CoN2O6. The third-order valence-corrected chi connectivity index (χ3v) is 7.56. The molecule has 2 unspecified atom stereocenters. The molecule has 2 aromatic rings. The van der Waals surface area contributed by atoms with Crippen LogP contribution in [0.4, 0.5) is 0 Å². The number of carbonyl (C=O) groups is 2. The average molecular weight is 710 g/mol. The molecule has 1 aliphatic carbocycles. The van der Waals surface area contributed by atoms with Gasteiger partial charge in [0.15, 0.2) is 0 Å². The van der Waals surface area contributed by atoms with Gasteiger partial charge in [0.25, 0.3) is 0 Å². The van der Waals surface area contributed by atoms with E-state index in [1.165, 1.54) is 11.1 Å². The van der Waals surface area contributed by atoms with Gasteiger partial charge in [-0.1, -0.05) is 81.4 Å². The number of hydrogen-bond acceptors (Lipinski definition) is 8. The number of aliphatic imine (C=N–C) groups is 2. The molecule has 2 N–H and O–H groups in total. The SMILES string of the molecule is CC(=O)[O-].CC(=O)[O-].CC(C)Cc1cc(C=NC2CCCC2N=Cc2cc(CC(C)C)cc(C(C)(C)C)c2O)c(O)c(C(C)(C)C)c1.[Co+2]. The van der Waals surface area contributed by atoms with E-state index in [2.05, 4.69) is 93.5 Å². The molecule has 0 amide bonds. The average Bonchev–Trinajstić information content (AvgIpc) is 3.33. The fraction of sp³-hybridized carbons (Fsp3) is 0.590. The summed E-state index contributed by atoms with van der Waals surface area (Å²) in [4.78, 5) is 27.7. The summed E-state index contributed by atoms with van der Waals surface area (Å²) in [7, 11) is 0. The maximum absolute atomic E-state index is 11.1. The maximum Gasteiger partial charge on any atom is 2.00 e. The van der Waals surface area contributed by atoms with Crippen LogP contribution < -0.4 is 10.2 Å². The fourth-order valence-corrected chi connectivity index (χ4v) is 5.58. The van der Waals surface area contributed by atoms with Crippen LogP contribution in [0.3, 0.4) is 0 Å². The second kappa shape index (κ2) is 19.7. The number of carboxylic acids is 2. The third kappa shape index (κ3) is 15.8. The van der Waals surface area contributed by atoms with E-state index < -0.39 is 11.9 Å². The van der Waals surface area contributed by atoms with Crippen molar-refractivity contribution in [1.82, 2.24) is 0 Å².